The molecule has 0 unspecified atom stereocenters. The van der Waals surface area contributed by atoms with E-state index in [9.17, 15) is 23.2 Å². The molecule has 0 amide bonds. The number of nitrogens with zero attached hydrogens (tertiary/aromatic N) is 1. The van der Waals surface area contributed by atoms with Gasteiger partial charge < -0.3 is 10.5 Å². The minimum atomic E-state index is -1.01. The van der Waals surface area contributed by atoms with Crippen LogP contribution in [0.4, 0.5) is 14.6 Å². The van der Waals surface area contributed by atoms with Gasteiger partial charge in [0.2, 0.25) is 0 Å². The minimum Gasteiger partial charge on any atom is -0.462 e. The highest BCUT2D eigenvalue weighted by Crippen LogP contribution is 2.26. The Kier molecular flexibility index (Phi) is 9.50. The smallest absolute Gasteiger partial charge is 0.309 e. The number of aryl methyl sites for hydroxylation is 1. The number of aromatic nitrogens is 1. The van der Waals surface area contributed by atoms with Gasteiger partial charge in [-0.15, -0.1) is 0 Å². The standard InChI is InChI=1S/C32H36F2N2O4/c1-20(2)18-22(32(39)40-25-8-3-4-9-25)7-5-6-21-10-13-24(14-11-21)36-29(37)17-16-27(31(36)35)30(38)26-15-12-23(33)19-28(26)34/h10-17,19-20,22,25H,3-9,18,35H2,1-2H3/t22-/m0/s1. The lowest BCUT2D eigenvalue weighted by Gasteiger charge is -2.20. The van der Waals surface area contributed by atoms with E-state index < -0.39 is 23.0 Å². The Balaban J connectivity index is 1.44. The first-order valence-electron chi connectivity index (χ1n) is 13.9. The van der Waals surface area contributed by atoms with E-state index in [1.54, 1.807) is 12.1 Å². The Morgan fingerprint density at radius 3 is 2.33 bits per heavy atom. The molecule has 0 aliphatic heterocycles. The Morgan fingerprint density at radius 1 is 1.00 bits per heavy atom. The maximum Gasteiger partial charge on any atom is 0.309 e. The van der Waals surface area contributed by atoms with Gasteiger partial charge in [-0.25, -0.2) is 8.78 Å². The lowest BCUT2D eigenvalue weighted by atomic mass is 9.91. The zero-order valence-corrected chi connectivity index (χ0v) is 23.0. The van der Waals surface area contributed by atoms with Crippen LogP contribution in [0, 0.1) is 23.5 Å². The highest BCUT2D eigenvalue weighted by Gasteiger charge is 2.26. The van der Waals surface area contributed by atoms with Gasteiger partial charge in [-0.05, 0) is 93.2 Å². The largest absolute Gasteiger partial charge is 0.462 e. The van der Waals surface area contributed by atoms with Crippen LogP contribution in [0.25, 0.3) is 5.69 Å². The van der Waals surface area contributed by atoms with Crippen molar-refractivity contribution in [1.82, 2.24) is 4.57 Å². The number of anilines is 1. The lowest BCUT2D eigenvalue weighted by molar-refractivity contribution is -0.154. The number of carbonyl (C=O) groups is 2. The van der Waals surface area contributed by atoms with Crippen molar-refractivity contribution in [3.05, 3.63) is 93.3 Å². The molecule has 0 radical (unpaired) electrons. The van der Waals surface area contributed by atoms with Gasteiger partial charge in [0.25, 0.3) is 5.56 Å². The molecule has 3 aromatic rings. The molecule has 2 N–H and O–H groups in total. The van der Waals surface area contributed by atoms with Crippen LogP contribution < -0.4 is 11.3 Å². The van der Waals surface area contributed by atoms with Gasteiger partial charge >= 0.3 is 5.97 Å². The summed E-state index contributed by atoms with van der Waals surface area (Å²) in [6.07, 6.45) is 7.31. The Morgan fingerprint density at radius 2 is 1.68 bits per heavy atom. The number of halogens is 2. The van der Waals surface area contributed by atoms with Crippen molar-refractivity contribution in [3.8, 4) is 5.69 Å². The van der Waals surface area contributed by atoms with Gasteiger partial charge in [-0.1, -0.05) is 26.0 Å². The zero-order chi connectivity index (χ0) is 28.8. The molecule has 1 aromatic heterocycles. The average Bonchev–Trinajstić information content (AvgIpc) is 3.41. The van der Waals surface area contributed by atoms with Gasteiger partial charge in [-0.2, -0.15) is 0 Å². The van der Waals surface area contributed by atoms with Crippen LogP contribution in [0.2, 0.25) is 0 Å². The molecule has 6 nitrogen and oxygen atoms in total. The molecule has 1 aliphatic rings. The van der Waals surface area contributed by atoms with Crippen molar-refractivity contribution < 1.29 is 23.1 Å². The van der Waals surface area contributed by atoms with Gasteiger partial charge in [-0.3, -0.25) is 19.0 Å². The second-order valence-corrected chi connectivity index (χ2v) is 11.0. The fraction of sp³-hybridized carbons (Fsp3) is 0.406. The van der Waals surface area contributed by atoms with Crippen LogP contribution in [0.15, 0.2) is 59.4 Å². The third-order valence-corrected chi connectivity index (χ3v) is 7.44. The summed E-state index contributed by atoms with van der Waals surface area (Å²) in [6.45, 7) is 4.22. The number of ketones is 1. The highest BCUT2D eigenvalue weighted by molar-refractivity contribution is 6.11. The van der Waals surface area contributed by atoms with Gasteiger partial charge in [0.1, 0.15) is 23.6 Å². The summed E-state index contributed by atoms with van der Waals surface area (Å²) in [5, 5.41) is 0. The molecule has 1 aliphatic carbocycles. The number of carbonyl (C=O) groups excluding carboxylic acids is 2. The van der Waals surface area contributed by atoms with Crippen LogP contribution >= 0.6 is 0 Å². The summed E-state index contributed by atoms with van der Waals surface area (Å²) >= 11 is 0. The number of nitrogen functional groups attached to an aromatic ring is 1. The summed E-state index contributed by atoms with van der Waals surface area (Å²) in [6, 6.07) is 12.3. The number of hydrogen-bond acceptors (Lipinski definition) is 5. The maximum absolute atomic E-state index is 14.2. The van der Waals surface area contributed by atoms with Crippen LogP contribution in [-0.2, 0) is 16.0 Å². The SMILES string of the molecule is CC(C)C[C@H](CCCc1ccc(-n2c(N)c(C(=O)c3ccc(F)cc3F)ccc2=O)cc1)C(=O)OC1CCCC1. The van der Waals surface area contributed by atoms with Gasteiger partial charge in [0, 0.05) is 12.1 Å². The molecule has 40 heavy (non-hydrogen) atoms. The zero-order valence-electron chi connectivity index (χ0n) is 23.0. The van der Waals surface area contributed by atoms with Gasteiger partial charge in [0.05, 0.1) is 22.7 Å². The number of esters is 1. The van der Waals surface area contributed by atoms with Crippen molar-refractivity contribution in [3.63, 3.8) is 0 Å². The molecule has 0 spiro atoms. The van der Waals surface area contributed by atoms with Crippen molar-refractivity contribution in [2.75, 3.05) is 5.73 Å². The predicted octanol–water partition coefficient (Wildman–Crippen LogP) is 6.40. The third kappa shape index (κ3) is 7.03. The first-order valence-corrected chi connectivity index (χ1v) is 13.9. The van der Waals surface area contributed by atoms with E-state index in [0.717, 1.165) is 69.1 Å². The molecule has 2 aromatic carbocycles. The molecule has 8 heteroatoms. The first-order chi connectivity index (χ1) is 19.1. The summed E-state index contributed by atoms with van der Waals surface area (Å²) in [7, 11) is 0. The van der Waals surface area contributed by atoms with Crippen LogP contribution in [-0.4, -0.2) is 22.4 Å². The molecule has 0 saturated heterocycles. The van der Waals surface area contributed by atoms with E-state index in [2.05, 4.69) is 13.8 Å². The molecular weight excluding hydrogens is 514 g/mol. The van der Waals surface area contributed by atoms with E-state index in [4.69, 9.17) is 10.5 Å². The number of ether oxygens (including phenoxy) is 1. The van der Waals surface area contributed by atoms with E-state index in [1.165, 1.54) is 16.7 Å². The molecule has 1 saturated carbocycles. The van der Waals surface area contributed by atoms with Crippen molar-refractivity contribution >= 4 is 17.6 Å². The monoisotopic (exact) mass is 550 g/mol. The topological polar surface area (TPSA) is 91.4 Å². The fourth-order valence-corrected chi connectivity index (χ4v) is 5.36. The quantitative estimate of drug-likeness (QED) is 0.220. The summed E-state index contributed by atoms with van der Waals surface area (Å²) < 4.78 is 34.5. The highest BCUT2D eigenvalue weighted by atomic mass is 19.1. The second-order valence-electron chi connectivity index (χ2n) is 11.0. The number of nitrogens with two attached hydrogens (primary N) is 1. The summed E-state index contributed by atoms with van der Waals surface area (Å²) in [5.41, 5.74) is 6.86. The minimum absolute atomic E-state index is 0.0603. The Hall–Kier alpha value is -3.81. The first kappa shape index (κ1) is 29.2. The second kappa shape index (κ2) is 13.0. The average molecular weight is 551 g/mol. The molecule has 1 heterocycles. The molecule has 4 rings (SSSR count). The van der Waals surface area contributed by atoms with E-state index in [-0.39, 0.29) is 34.9 Å². The molecular formula is C32H36F2N2O4. The van der Waals surface area contributed by atoms with Crippen LogP contribution in [0.5, 0.6) is 0 Å². The van der Waals surface area contributed by atoms with Crippen molar-refractivity contribution in [2.45, 2.75) is 71.3 Å². The van der Waals surface area contributed by atoms with E-state index in [0.29, 0.717) is 17.7 Å². The Bertz CT molecular complexity index is 1410. The Labute approximate surface area is 233 Å². The normalized spacial score (nSPS) is 14.4. The van der Waals surface area contributed by atoms with Crippen LogP contribution in [0.1, 0.15) is 80.3 Å². The number of hydrogen-bond donors (Lipinski definition) is 1. The number of pyridine rings is 1. The summed E-state index contributed by atoms with van der Waals surface area (Å²) in [4.78, 5) is 38.4. The van der Waals surface area contributed by atoms with E-state index in [1.807, 2.05) is 12.1 Å². The summed E-state index contributed by atoms with van der Waals surface area (Å²) in [5.74, 6) is -2.49. The fourth-order valence-electron chi connectivity index (χ4n) is 5.36. The van der Waals surface area contributed by atoms with E-state index >= 15 is 0 Å². The van der Waals surface area contributed by atoms with Crippen LogP contribution in [0.3, 0.4) is 0 Å². The maximum atomic E-state index is 14.2. The molecule has 1 fully saturated rings. The molecule has 0 bridgehead atoms. The lowest BCUT2D eigenvalue weighted by Crippen LogP contribution is -2.24. The number of rotatable bonds is 11. The van der Waals surface area contributed by atoms with Crippen molar-refractivity contribution in [2.24, 2.45) is 11.8 Å². The van der Waals surface area contributed by atoms with Gasteiger partial charge in [0.15, 0.2) is 5.78 Å². The van der Waals surface area contributed by atoms with Crippen molar-refractivity contribution in [1.29, 1.82) is 0 Å². The molecule has 212 valence electrons. The predicted molar refractivity (Wildman–Crippen MR) is 150 cm³/mol. The number of benzene rings is 2. The third-order valence-electron chi connectivity index (χ3n) is 7.44. The molecule has 1 atom stereocenters.